The van der Waals surface area contributed by atoms with Gasteiger partial charge in [-0.15, -0.1) is 0 Å². The average Bonchev–Trinajstić information content (AvgIpc) is 2.07. The van der Waals surface area contributed by atoms with Gasteiger partial charge in [-0.25, -0.2) is 0 Å². The van der Waals surface area contributed by atoms with E-state index in [0.717, 1.165) is 19.3 Å². The molecule has 0 aliphatic heterocycles. The predicted octanol–water partition coefficient (Wildman–Crippen LogP) is 0.281. The maximum atomic E-state index is 10.0. The second-order valence-electron chi connectivity index (χ2n) is 1.68. The first-order chi connectivity index (χ1) is 5.72. The summed E-state index contributed by atoms with van der Waals surface area (Å²) in [5.74, 6) is -0.359. The van der Waals surface area contributed by atoms with Gasteiger partial charge in [-0.05, 0) is 19.9 Å². The molecule has 1 amide bonds. The highest BCUT2D eigenvalue weighted by Gasteiger charge is 1.84. The number of rotatable bonds is 4. The minimum absolute atomic E-state index is 0.329. The molecule has 0 aliphatic rings. The van der Waals surface area contributed by atoms with E-state index in [1.807, 2.05) is 13.8 Å². The van der Waals surface area contributed by atoms with Crippen LogP contribution in [0.5, 0.6) is 0 Å². The molecule has 72 valence electrons. The number of hydrogen-bond donors (Lipinski definition) is 2. The Morgan fingerprint density at radius 1 is 1.58 bits per heavy atom. The van der Waals surface area contributed by atoms with Gasteiger partial charge in [-0.3, -0.25) is 4.79 Å². The van der Waals surface area contributed by atoms with Crippen LogP contribution in [0, 0.1) is 0 Å². The second-order valence-corrected chi connectivity index (χ2v) is 1.68. The van der Waals surface area contributed by atoms with Crippen LogP contribution in [0.25, 0.3) is 0 Å². The lowest BCUT2D eigenvalue weighted by Gasteiger charge is -1.89. The van der Waals surface area contributed by atoms with Gasteiger partial charge in [0.25, 0.3) is 0 Å². The Hall–Kier alpha value is -0.870. The van der Waals surface area contributed by atoms with Crippen molar-refractivity contribution in [3.63, 3.8) is 0 Å². The molecule has 4 nitrogen and oxygen atoms in total. The summed E-state index contributed by atoms with van der Waals surface area (Å²) in [6.45, 7) is 8.49. The van der Waals surface area contributed by atoms with Crippen LogP contribution in [0.4, 0.5) is 0 Å². The van der Waals surface area contributed by atoms with E-state index in [0.29, 0.717) is 0 Å². The zero-order valence-corrected chi connectivity index (χ0v) is 7.67. The van der Waals surface area contributed by atoms with E-state index in [-0.39, 0.29) is 12.6 Å². The van der Waals surface area contributed by atoms with Crippen molar-refractivity contribution in [3.05, 3.63) is 12.7 Å². The Kier molecular flexibility index (Phi) is 14.6. The lowest BCUT2D eigenvalue weighted by Crippen LogP contribution is -2.20. The van der Waals surface area contributed by atoms with Gasteiger partial charge < -0.3 is 15.2 Å². The summed E-state index contributed by atoms with van der Waals surface area (Å²) in [6.07, 6.45) is 1.09. The van der Waals surface area contributed by atoms with Crippen LogP contribution in [0.15, 0.2) is 12.7 Å². The summed E-state index contributed by atoms with van der Waals surface area (Å²) < 4.78 is 4.83. The highest BCUT2D eigenvalue weighted by atomic mass is 16.5. The fourth-order valence-corrected chi connectivity index (χ4v) is 0.354. The first-order valence-electron chi connectivity index (χ1n) is 3.81. The Labute approximate surface area is 73.2 Å². The number of amides is 1. The maximum Gasteiger partial charge on any atom is 0.245 e. The lowest BCUT2D eigenvalue weighted by molar-refractivity contribution is -0.117. The van der Waals surface area contributed by atoms with Gasteiger partial charge in [0.05, 0.1) is 0 Å². The standard InChI is InChI=1S/C4H7NO2.C4H10O/c1-2-4(7)5-3-6;1-3-5-4-2/h2,6H,1,3H2,(H,5,7);3-4H2,1-2H3. The summed E-state index contributed by atoms with van der Waals surface area (Å²) >= 11 is 0. The normalized spacial score (nSPS) is 7.92. The summed E-state index contributed by atoms with van der Waals surface area (Å²) in [6, 6.07) is 0. The fourth-order valence-electron chi connectivity index (χ4n) is 0.354. The molecular weight excluding hydrogens is 158 g/mol. The summed E-state index contributed by atoms with van der Waals surface area (Å²) in [5.41, 5.74) is 0. The molecule has 4 heteroatoms. The smallest absolute Gasteiger partial charge is 0.245 e. The largest absolute Gasteiger partial charge is 0.382 e. The topological polar surface area (TPSA) is 58.6 Å². The Morgan fingerprint density at radius 2 is 2.08 bits per heavy atom. The third-order valence-electron chi connectivity index (χ3n) is 0.847. The molecule has 2 N–H and O–H groups in total. The van der Waals surface area contributed by atoms with E-state index in [2.05, 4.69) is 11.9 Å². The first kappa shape index (κ1) is 13.7. The number of aliphatic hydroxyl groups is 1. The highest BCUT2D eigenvalue weighted by molar-refractivity contribution is 5.86. The summed E-state index contributed by atoms with van der Waals surface area (Å²) in [5, 5.41) is 10.1. The van der Waals surface area contributed by atoms with Gasteiger partial charge in [-0.2, -0.15) is 0 Å². The van der Waals surface area contributed by atoms with Gasteiger partial charge >= 0.3 is 0 Å². The number of carbonyl (C=O) groups excluding carboxylic acids is 1. The minimum atomic E-state index is -0.359. The third-order valence-corrected chi connectivity index (χ3v) is 0.847. The fraction of sp³-hybridized carbons (Fsp3) is 0.625. The van der Waals surface area contributed by atoms with E-state index >= 15 is 0 Å². The molecule has 0 heterocycles. The van der Waals surface area contributed by atoms with Crippen molar-refractivity contribution in [1.29, 1.82) is 0 Å². The number of nitrogens with one attached hydrogen (secondary N) is 1. The van der Waals surface area contributed by atoms with Crippen LogP contribution in [0.1, 0.15) is 13.8 Å². The van der Waals surface area contributed by atoms with Crippen molar-refractivity contribution in [2.45, 2.75) is 13.8 Å². The van der Waals surface area contributed by atoms with Crippen LogP contribution in [0.3, 0.4) is 0 Å². The van der Waals surface area contributed by atoms with E-state index in [1.54, 1.807) is 0 Å². The van der Waals surface area contributed by atoms with Crippen LogP contribution in [-0.2, 0) is 9.53 Å². The molecule has 0 saturated carbocycles. The number of aliphatic hydroxyl groups excluding tert-OH is 1. The van der Waals surface area contributed by atoms with Crippen molar-refractivity contribution >= 4 is 5.91 Å². The maximum absolute atomic E-state index is 10.0. The minimum Gasteiger partial charge on any atom is -0.382 e. The SMILES string of the molecule is C=CC(=O)NCO.CCOCC. The molecular formula is C8H17NO3. The average molecular weight is 175 g/mol. The molecule has 0 aromatic carbocycles. The van der Waals surface area contributed by atoms with Crippen molar-refractivity contribution in [2.75, 3.05) is 19.9 Å². The summed E-state index contributed by atoms with van der Waals surface area (Å²) in [4.78, 5) is 10.0. The molecule has 0 unspecified atom stereocenters. The van der Waals surface area contributed by atoms with Crippen molar-refractivity contribution < 1.29 is 14.6 Å². The second kappa shape index (κ2) is 12.8. The molecule has 12 heavy (non-hydrogen) atoms. The highest BCUT2D eigenvalue weighted by Crippen LogP contribution is 1.64. The molecule has 0 bridgehead atoms. The van der Waals surface area contributed by atoms with Gasteiger partial charge in [0, 0.05) is 13.2 Å². The molecule has 0 aromatic heterocycles. The van der Waals surface area contributed by atoms with Crippen LogP contribution < -0.4 is 5.32 Å². The van der Waals surface area contributed by atoms with E-state index in [9.17, 15) is 4.79 Å². The van der Waals surface area contributed by atoms with Crippen molar-refractivity contribution in [3.8, 4) is 0 Å². The van der Waals surface area contributed by atoms with Crippen molar-refractivity contribution in [1.82, 2.24) is 5.32 Å². The number of carbonyl (C=O) groups is 1. The first-order valence-corrected chi connectivity index (χ1v) is 3.81. The van der Waals surface area contributed by atoms with E-state index < -0.39 is 0 Å². The molecule has 0 atom stereocenters. The monoisotopic (exact) mass is 175 g/mol. The van der Waals surface area contributed by atoms with Crippen LogP contribution in [0.2, 0.25) is 0 Å². The molecule has 0 fully saturated rings. The molecule has 0 radical (unpaired) electrons. The quantitative estimate of drug-likeness (QED) is 0.476. The van der Waals surface area contributed by atoms with Crippen LogP contribution in [-0.4, -0.2) is 31.0 Å². The zero-order chi connectivity index (χ0) is 9.82. The molecule has 0 aromatic rings. The van der Waals surface area contributed by atoms with Gasteiger partial charge in [-0.1, -0.05) is 6.58 Å². The van der Waals surface area contributed by atoms with Gasteiger partial charge in [0.2, 0.25) is 5.91 Å². The predicted molar refractivity (Wildman–Crippen MR) is 47.6 cm³/mol. The number of hydrogen-bond acceptors (Lipinski definition) is 3. The zero-order valence-electron chi connectivity index (χ0n) is 7.67. The lowest BCUT2D eigenvalue weighted by atomic mass is 10.6. The third kappa shape index (κ3) is 16.1. The van der Waals surface area contributed by atoms with Gasteiger partial charge in [0.1, 0.15) is 6.73 Å². The Balaban J connectivity index is 0. The summed E-state index contributed by atoms with van der Waals surface area (Å²) in [7, 11) is 0. The van der Waals surface area contributed by atoms with E-state index in [4.69, 9.17) is 9.84 Å². The molecule has 0 spiro atoms. The van der Waals surface area contributed by atoms with Gasteiger partial charge in [0.15, 0.2) is 0 Å². The van der Waals surface area contributed by atoms with Crippen LogP contribution >= 0.6 is 0 Å². The molecule has 0 saturated heterocycles. The van der Waals surface area contributed by atoms with E-state index in [1.165, 1.54) is 0 Å². The van der Waals surface area contributed by atoms with Crippen molar-refractivity contribution in [2.24, 2.45) is 0 Å². The molecule has 0 aliphatic carbocycles. The Morgan fingerprint density at radius 3 is 2.17 bits per heavy atom. The Bertz CT molecular complexity index is 113. The molecule has 0 rings (SSSR count). The number of ether oxygens (including phenoxy) is 1.